The Morgan fingerprint density at radius 1 is 0.966 bits per heavy atom. The van der Waals surface area contributed by atoms with Crippen LogP contribution in [0.4, 0.5) is 10.7 Å². The highest BCUT2D eigenvalue weighted by atomic mass is 32.1. The fourth-order valence-corrected chi connectivity index (χ4v) is 4.96. The Balaban J connectivity index is 1.62. The summed E-state index contributed by atoms with van der Waals surface area (Å²) in [6, 6.07) is 13.6. The van der Waals surface area contributed by atoms with Gasteiger partial charge in [0.05, 0.1) is 12.0 Å². The van der Waals surface area contributed by atoms with Crippen molar-refractivity contribution in [2.45, 2.75) is 32.1 Å². The Hall–Kier alpha value is -3.19. The summed E-state index contributed by atoms with van der Waals surface area (Å²) >= 11 is 1.41. The third kappa shape index (κ3) is 4.00. The quantitative estimate of drug-likeness (QED) is 0.562. The van der Waals surface area contributed by atoms with E-state index in [4.69, 9.17) is 5.11 Å². The molecule has 2 aromatic carbocycles. The zero-order valence-electron chi connectivity index (χ0n) is 15.7. The van der Waals surface area contributed by atoms with E-state index in [9.17, 15) is 14.4 Å². The van der Waals surface area contributed by atoms with Gasteiger partial charge in [-0.15, -0.1) is 11.3 Å². The Morgan fingerprint density at radius 3 is 2.59 bits per heavy atom. The molecule has 0 radical (unpaired) electrons. The minimum Gasteiger partial charge on any atom is -0.481 e. The van der Waals surface area contributed by atoms with Crippen molar-refractivity contribution in [3.63, 3.8) is 0 Å². The minimum atomic E-state index is -1.03. The van der Waals surface area contributed by atoms with Crippen LogP contribution in [0.2, 0.25) is 0 Å². The number of thiophene rings is 1. The molecule has 29 heavy (non-hydrogen) atoms. The van der Waals surface area contributed by atoms with E-state index in [-0.39, 0.29) is 18.7 Å². The van der Waals surface area contributed by atoms with E-state index in [1.54, 1.807) is 0 Å². The SMILES string of the molecule is O=C(O)CCC(=O)Nc1sc2c(c1C(=O)Nc1cccc3ccccc13)CCC2. The van der Waals surface area contributed by atoms with Crippen LogP contribution in [-0.2, 0) is 22.4 Å². The third-order valence-electron chi connectivity index (χ3n) is 5.01. The van der Waals surface area contributed by atoms with Crippen molar-refractivity contribution in [2.24, 2.45) is 0 Å². The molecule has 0 bridgehead atoms. The highest BCUT2D eigenvalue weighted by Crippen LogP contribution is 2.39. The summed E-state index contributed by atoms with van der Waals surface area (Å²) in [5, 5.41) is 17.0. The van der Waals surface area contributed by atoms with Gasteiger partial charge < -0.3 is 15.7 Å². The zero-order chi connectivity index (χ0) is 20.4. The number of rotatable bonds is 6. The first-order valence-corrected chi connectivity index (χ1v) is 10.3. The molecule has 2 amide bonds. The van der Waals surface area contributed by atoms with Crippen molar-refractivity contribution < 1.29 is 19.5 Å². The first-order chi connectivity index (χ1) is 14.0. The predicted molar refractivity (Wildman–Crippen MR) is 114 cm³/mol. The van der Waals surface area contributed by atoms with Gasteiger partial charge in [-0.05, 0) is 36.3 Å². The zero-order valence-corrected chi connectivity index (χ0v) is 16.5. The highest BCUT2D eigenvalue weighted by Gasteiger charge is 2.27. The number of carboxylic acid groups (broad SMARTS) is 1. The highest BCUT2D eigenvalue weighted by molar-refractivity contribution is 7.17. The Labute approximate surface area is 171 Å². The lowest BCUT2D eigenvalue weighted by atomic mass is 10.1. The van der Waals surface area contributed by atoms with Gasteiger partial charge in [-0.1, -0.05) is 36.4 Å². The van der Waals surface area contributed by atoms with Crippen LogP contribution in [0.5, 0.6) is 0 Å². The van der Waals surface area contributed by atoms with Crippen molar-refractivity contribution >= 4 is 50.6 Å². The topological polar surface area (TPSA) is 95.5 Å². The molecule has 1 aliphatic carbocycles. The van der Waals surface area contributed by atoms with Crippen LogP contribution in [-0.4, -0.2) is 22.9 Å². The van der Waals surface area contributed by atoms with Crippen molar-refractivity contribution in [3.05, 3.63) is 58.5 Å². The van der Waals surface area contributed by atoms with Gasteiger partial charge in [0.15, 0.2) is 0 Å². The number of aryl methyl sites for hydroxylation is 1. The van der Waals surface area contributed by atoms with Crippen LogP contribution < -0.4 is 10.6 Å². The van der Waals surface area contributed by atoms with Gasteiger partial charge in [0.2, 0.25) is 5.91 Å². The summed E-state index contributed by atoms with van der Waals surface area (Å²) in [6.45, 7) is 0. The first kappa shape index (κ1) is 19.1. The average molecular weight is 408 g/mol. The maximum absolute atomic E-state index is 13.2. The molecule has 0 aliphatic heterocycles. The maximum Gasteiger partial charge on any atom is 0.303 e. The molecule has 148 valence electrons. The van der Waals surface area contributed by atoms with E-state index in [0.717, 1.165) is 40.5 Å². The average Bonchev–Trinajstić information content (AvgIpc) is 3.27. The van der Waals surface area contributed by atoms with E-state index in [2.05, 4.69) is 10.6 Å². The van der Waals surface area contributed by atoms with E-state index < -0.39 is 11.9 Å². The van der Waals surface area contributed by atoms with Crippen molar-refractivity contribution in [1.82, 2.24) is 0 Å². The van der Waals surface area contributed by atoms with Crippen LogP contribution in [0.15, 0.2) is 42.5 Å². The minimum absolute atomic E-state index is 0.123. The first-order valence-electron chi connectivity index (χ1n) is 9.48. The number of hydrogen-bond acceptors (Lipinski definition) is 4. The molecule has 4 rings (SSSR count). The molecule has 3 N–H and O–H groups in total. The van der Waals surface area contributed by atoms with Crippen LogP contribution in [0.1, 0.15) is 40.1 Å². The molecule has 0 saturated heterocycles. The summed E-state index contributed by atoms with van der Waals surface area (Å²) in [7, 11) is 0. The van der Waals surface area contributed by atoms with E-state index in [1.165, 1.54) is 11.3 Å². The molecule has 1 aliphatic rings. The normalized spacial score (nSPS) is 12.6. The number of anilines is 2. The summed E-state index contributed by atoms with van der Waals surface area (Å²) < 4.78 is 0. The summed E-state index contributed by atoms with van der Waals surface area (Å²) in [5.41, 5.74) is 2.20. The summed E-state index contributed by atoms with van der Waals surface area (Å²) in [6.07, 6.45) is 2.31. The number of benzene rings is 2. The number of amides is 2. The molecule has 0 spiro atoms. The molecule has 0 fully saturated rings. The second-order valence-electron chi connectivity index (χ2n) is 6.98. The van der Waals surface area contributed by atoms with Crippen LogP contribution in [0.25, 0.3) is 10.8 Å². The molecule has 6 nitrogen and oxygen atoms in total. The fourth-order valence-electron chi connectivity index (χ4n) is 3.66. The molecule has 3 aromatic rings. The van der Waals surface area contributed by atoms with Gasteiger partial charge in [0.25, 0.3) is 5.91 Å². The monoisotopic (exact) mass is 408 g/mol. The number of hydrogen-bond donors (Lipinski definition) is 3. The van der Waals surface area contributed by atoms with E-state index >= 15 is 0 Å². The van der Waals surface area contributed by atoms with Gasteiger partial charge in [-0.2, -0.15) is 0 Å². The lowest BCUT2D eigenvalue weighted by molar-refractivity contribution is -0.138. The predicted octanol–water partition coefficient (Wildman–Crippen LogP) is 4.45. The van der Waals surface area contributed by atoms with Gasteiger partial charge in [-0.25, -0.2) is 0 Å². The van der Waals surface area contributed by atoms with Crippen LogP contribution in [0, 0.1) is 0 Å². The largest absolute Gasteiger partial charge is 0.481 e. The van der Waals surface area contributed by atoms with Gasteiger partial charge in [-0.3, -0.25) is 14.4 Å². The number of carbonyl (C=O) groups is 3. The number of carbonyl (C=O) groups excluding carboxylic acids is 2. The molecule has 0 atom stereocenters. The Kier molecular flexibility index (Phi) is 5.31. The second kappa shape index (κ2) is 8.05. The number of carboxylic acids is 1. The van der Waals surface area contributed by atoms with E-state index in [1.807, 2.05) is 42.5 Å². The van der Waals surface area contributed by atoms with Crippen molar-refractivity contribution in [2.75, 3.05) is 10.6 Å². The van der Waals surface area contributed by atoms with Crippen molar-refractivity contribution in [3.8, 4) is 0 Å². The van der Waals surface area contributed by atoms with Crippen molar-refractivity contribution in [1.29, 1.82) is 0 Å². The Bertz CT molecular complexity index is 1110. The molecule has 0 unspecified atom stereocenters. The maximum atomic E-state index is 13.2. The van der Waals surface area contributed by atoms with Crippen LogP contribution in [0.3, 0.4) is 0 Å². The standard InChI is InChI=1S/C22H20N2O4S/c25-18(11-12-19(26)27)24-22-20(15-8-4-10-17(15)29-22)21(28)23-16-9-3-6-13-5-1-2-7-14(13)16/h1-3,5-7,9H,4,8,10-12H2,(H,23,28)(H,24,25)(H,26,27). The molecule has 7 heteroatoms. The number of fused-ring (bicyclic) bond motifs is 2. The van der Waals surface area contributed by atoms with Gasteiger partial charge >= 0.3 is 5.97 Å². The number of nitrogens with one attached hydrogen (secondary N) is 2. The Morgan fingerprint density at radius 2 is 1.76 bits per heavy atom. The molecule has 1 heterocycles. The van der Waals surface area contributed by atoms with Gasteiger partial charge in [0, 0.05) is 22.4 Å². The number of aliphatic carboxylic acids is 1. The van der Waals surface area contributed by atoms with E-state index in [0.29, 0.717) is 16.3 Å². The smallest absolute Gasteiger partial charge is 0.303 e. The molecule has 1 aromatic heterocycles. The third-order valence-corrected chi connectivity index (χ3v) is 6.21. The summed E-state index contributed by atoms with van der Waals surface area (Å²) in [4.78, 5) is 37.2. The molecular weight excluding hydrogens is 388 g/mol. The fraction of sp³-hybridized carbons (Fsp3) is 0.227. The van der Waals surface area contributed by atoms with Crippen LogP contribution >= 0.6 is 11.3 Å². The molecule has 0 saturated carbocycles. The lowest BCUT2D eigenvalue weighted by Gasteiger charge is -2.11. The summed E-state index contributed by atoms with van der Waals surface area (Å²) in [5.74, 6) is -1.68. The lowest BCUT2D eigenvalue weighted by Crippen LogP contribution is -2.18. The second-order valence-corrected chi connectivity index (χ2v) is 8.09. The van der Waals surface area contributed by atoms with Gasteiger partial charge in [0.1, 0.15) is 5.00 Å². The molecular formula is C22H20N2O4S.